The van der Waals surface area contributed by atoms with Crippen molar-refractivity contribution < 1.29 is 9.90 Å². The average molecular weight is 210 g/mol. The SMILES string of the molecule is CC(=CC1CC(C)C(C)C(C)C1)C(=O)O. The highest BCUT2D eigenvalue weighted by atomic mass is 16.4. The Hall–Kier alpha value is -0.790. The van der Waals surface area contributed by atoms with Crippen LogP contribution in [0, 0.1) is 23.7 Å². The molecule has 1 N–H and O–H groups in total. The molecule has 2 nitrogen and oxygen atoms in total. The summed E-state index contributed by atoms with van der Waals surface area (Å²) in [5.41, 5.74) is 0.494. The number of carboxylic acids is 1. The third kappa shape index (κ3) is 3.08. The molecule has 0 radical (unpaired) electrons. The van der Waals surface area contributed by atoms with E-state index in [1.165, 1.54) is 0 Å². The van der Waals surface area contributed by atoms with E-state index >= 15 is 0 Å². The van der Waals surface area contributed by atoms with E-state index in [1.54, 1.807) is 6.92 Å². The van der Waals surface area contributed by atoms with E-state index in [0.717, 1.165) is 18.8 Å². The topological polar surface area (TPSA) is 37.3 Å². The standard InChI is InChI=1S/C13H22O2/c1-8-5-12(6-9(2)11(8)4)7-10(3)13(14)15/h7-9,11-12H,5-6H2,1-4H3,(H,14,15). The molecule has 0 aliphatic heterocycles. The summed E-state index contributed by atoms with van der Waals surface area (Å²) in [5, 5.41) is 8.83. The minimum Gasteiger partial charge on any atom is -0.478 e. The van der Waals surface area contributed by atoms with Crippen LogP contribution in [0.2, 0.25) is 0 Å². The minimum absolute atomic E-state index is 0.460. The van der Waals surface area contributed by atoms with Crippen LogP contribution >= 0.6 is 0 Å². The zero-order chi connectivity index (χ0) is 11.6. The van der Waals surface area contributed by atoms with Crippen molar-refractivity contribution in [2.45, 2.75) is 40.5 Å². The molecule has 1 rings (SSSR count). The molecule has 1 saturated carbocycles. The normalized spacial score (nSPS) is 37.7. The van der Waals surface area contributed by atoms with E-state index in [1.807, 2.05) is 6.08 Å². The maximum Gasteiger partial charge on any atom is 0.330 e. The van der Waals surface area contributed by atoms with Crippen LogP contribution in [0.1, 0.15) is 40.5 Å². The van der Waals surface area contributed by atoms with Gasteiger partial charge in [-0.05, 0) is 43.4 Å². The Morgan fingerprint density at radius 2 is 1.67 bits per heavy atom. The second-order valence-electron chi connectivity index (χ2n) is 5.20. The summed E-state index contributed by atoms with van der Waals surface area (Å²) in [6.45, 7) is 8.55. The van der Waals surface area contributed by atoms with Crippen LogP contribution in [-0.4, -0.2) is 11.1 Å². The summed E-state index contributed by atoms with van der Waals surface area (Å²) in [7, 11) is 0. The van der Waals surface area contributed by atoms with Crippen molar-refractivity contribution in [3.63, 3.8) is 0 Å². The quantitative estimate of drug-likeness (QED) is 0.710. The lowest BCUT2D eigenvalue weighted by atomic mass is 9.69. The van der Waals surface area contributed by atoms with Crippen LogP contribution in [0.15, 0.2) is 11.6 Å². The van der Waals surface area contributed by atoms with Crippen LogP contribution < -0.4 is 0 Å². The van der Waals surface area contributed by atoms with E-state index in [4.69, 9.17) is 5.11 Å². The Kier molecular flexibility index (Phi) is 3.95. The van der Waals surface area contributed by atoms with Crippen molar-refractivity contribution in [1.82, 2.24) is 0 Å². The van der Waals surface area contributed by atoms with Gasteiger partial charge in [-0.15, -0.1) is 0 Å². The fraction of sp³-hybridized carbons (Fsp3) is 0.769. The molecule has 0 saturated heterocycles. The average Bonchev–Trinajstić information content (AvgIpc) is 2.13. The molecule has 0 heterocycles. The first-order chi connectivity index (χ1) is 6.91. The van der Waals surface area contributed by atoms with Gasteiger partial charge in [0.1, 0.15) is 0 Å². The van der Waals surface area contributed by atoms with Gasteiger partial charge in [0.05, 0.1) is 0 Å². The predicted molar refractivity (Wildman–Crippen MR) is 61.6 cm³/mol. The third-order valence-corrected chi connectivity index (χ3v) is 3.97. The maximum atomic E-state index is 10.7. The zero-order valence-corrected chi connectivity index (χ0v) is 10.2. The first kappa shape index (κ1) is 12.3. The van der Waals surface area contributed by atoms with E-state index in [-0.39, 0.29) is 0 Å². The molecule has 86 valence electrons. The van der Waals surface area contributed by atoms with Crippen molar-refractivity contribution in [3.8, 4) is 0 Å². The monoisotopic (exact) mass is 210 g/mol. The molecule has 2 unspecified atom stereocenters. The van der Waals surface area contributed by atoms with Gasteiger partial charge in [0.25, 0.3) is 0 Å². The number of hydrogen-bond acceptors (Lipinski definition) is 1. The molecule has 0 aromatic heterocycles. The lowest BCUT2D eigenvalue weighted by Gasteiger charge is -2.36. The molecular formula is C13H22O2. The smallest absolute Gasteiger partial charge is 0.330 e. The Labute approximate surface area is 92.4 Å². The molecular weight excluding hydrogens is 188 g/mol. The second kappa shape index (κ2) is 4.82. The van der Waals surface area contributed by atoms with Gasteiger partial charge in [0.2, 0.25) is 0 Å². The van der Waals surface area contributed by atoms with Crippen molar-refractivity contribution in [2.24, 2.45) is 23.7 Å². The van der Waals surface area contributed by atoms with Gasteiger partial charge in [-0.25, -0.2) is 4.79 Å². The summed E-state index contributed by atoms with van der Waals surface area (Å²) < 4.78 is 0. The van der Waals surface area contributed by atoms with E-state index in [9.17, 15) is 4.79 Å². The third-order valence-electron chi connectivity index (χ3n) is 3.97. The van der Waals surface area contributed by atoms with Crippen molar-refractivity contribution >= 4 is 5.97 Å². The van der Waals surface area contributed by atoms with E-state index in [2.05, 4.69) is 20.8 Å². The molecule has 0 aromatic rings. The highest BCUT2D eigenvalue weighted by Gasteiger charge is 2.29. The first-order valence-corrected chi connectivity index (χ1v) is 5.83. The van der Waals surface area contributed by atoms with Crippen LogP contribution in [0.5, 0.6) is 0 Å². The van der Waals surface area contributed by atoms with E-state index < -0.39 is 5.97 Å². The van der Waals surface area contributed by atoms with Crippen molar-refractivity contribution in [1.29, 1.82) is 0 Å². The summed E-state index contributed by atoms with van der Waals surface area (Å²) in [6, 6.07) is 0. The second-order valence-corrected chi connectivity index (χ2v) is 5.20. The van der Waals surface area contributed by atoms with Gasteiger partial charge in [-0.3, -0.25) is 0 Å². The molecule has 0 amide bonds. The summed E-state index contributed by atoms with van der Waals surface area (Å²) in [5.74, 6) is 1.85. The zero-order valence-electron chi connectivity index (χ0n) is 10.2. The molecule has 0 spiro atoms. The molecule has 0 aromatic carbocycles. The molecule has 0 bridgehead atoms. The fourth-order valence-electron chi connectivity index (χ4n) is 2.60. The van der Waals surface area contributed by atoms with Crippen molar-refractivity contribution in [3.05, 3.63) is 11.6 Å². The Morgan fingerprint density at radius 3 is 2.07 bits per heavy atom. The molecule has 15 heavy (non-hydrogen) atoms. The number of rotatable bonds is 2. The molecule has 2 atom stereocenters. The molecule has 1 aliphatic carbocycles. The number of carbonyl (C=O) groups is 1. The van der Waals surface area contributed by atoms with Gasteiger partial charge in [0.15, 0.2) is 0 Å². The van der Waals surface area contributed by atoms with Gasteiger partial charge in [-0.2, -0.15) is 0 Å². The van der Waals surface area contributed by atoms with Gasteiger partial charge >= 0.3 is 5.97 Å². The van der Waals surface area contributed by atoms with Crippen molar-refractivity contribution in [2.75, 3.05) is 0 Å². The van der Waals surface area contributed by atoms with E-state index in [0.29, 0.717) is 23.3 Å². The predicted octanol–water partition coefficient (Wildman–Crippen LogP) is 3.34. The fourth-order valence-corrected chi connectivity index (χ4v) is 2.60. The lowest BCUT2D eigenvalue weighted by Crippen LogP contribution is -2.27. The molecule has 1 fully saturated rings. The van der Waals surface area contributed by atoms with Gasteiger partial charge < -0.3 is 5.11 Å². The largest absolute Gasteiger partial charge is 0.478 e. The Morgan fingerprint density at radius 1 is 1.20 bits per heavy atom. The van der Waals surface area contributed by atoms with Crippen LogP contribution in [0.3, 0.4) is 0 Å². The van der Waals surface area contributed by atoms with Crippen LogP contribution in [-0.2, 0) is 4.79 Å². The highest BCUT2D eigenvalue weighted by molar-refractivity contribution is 5.85. The number of carboxylic acid groups (broad SMARTS) is 1. The highest BCUT2D eigenvalue weighted by Crippen LogP contribution is 2.38. The molecule has 1 aliphatic rings. The lowest BCUT2D eigenvalue weighted by molar-refractivity contribution is -0.132. The summed E-state index contributed by atoms with van der Waals surface area (Å²) >= 11 is 0. The molecule has 2 heteroatoms. The minimum atomic E-state index is -0.783. The summed E-state index contributed by atoms with van der Waals surface area (Å²) in [4.78, 5) is 10.7. The number of allylic oxidation sites excluding steroid dienone is 1. The van der Waals surface area contributed by atoms with Crippen LogP contribution in [0.25, 0.3) is 0 Å². The van der Waals surface area contributed by atoms with Gasteiger partial charge in [-0.1, -0.05) is 26.8 Å². The number of aliphatic carboxylic acids is 1. The Bertz CT molecular complexity index is 256. The maximum absolute atomic E-state index is 10.7. The first-order valence-electron chi connectivity index (χ1n) is 5.83. The Balaban J connectivity index is 2.66. The van der Waals surface area contributed by atoms with Gasteiger partial charge in [0, 0.05) is 5.57 Å². The summed E-state index contributed by atoms with van der Waals surface area (Å²) in [6.07, 6.45) is 4.22. The van der Waals surface area contributed by atoms with Crippen LogP contribution in [0.4, 0.5) is 0 Å². The number of hydrogen-bond donors (Lipinski definition) is 1.